The molecule has 1 heterocycles. The van der Waals surface area contributed by atoms with E-state index in [1.165, 1.54) is 25.4 Å². The number of hydrogen-bond donors (Lipinski definition) is 1. The molecule has 2 rings (SSSR count). The molecule has 0 aliphatic carbocycles. The summed E-state index contributed by atoms with van der Waals surface area (Å²) in [4.78, 5) is 1.40. The average molecular weight is 324 g/mol. The maximum Gasteiger partial charge on any atom is 0.0701 e. The molecule has 1 aromatic heterocycles. The summed E-state index contributed by atoms with van der Waals surface area (Å²) in [6.07, 6.45) is 1.04. The minimum absolute atomic E-state index is 0.384. The van der Waals surface area contributed by atoms with Crippen LogP contribution >= 0.6 is 27.3 Å². The quantitative estimate of drug-likeness (QED) is 0.864. The molecule has 0 aliphatic rings. The summed E-state index contributed by atoms with van der Waals surface area (Å²) in [6.45, 7) is 4.33. The Kier molecular flexibility index (Phi) is 4.60. The van der Waals surface area contributed by atoms with E-state index in [-0.39, 0.29) is 0 Å². The molecule has 1 unspecified atom stereocenters. The van der Waals surface area contributed by atoms with E-state index in [2.05, 4.69) is 65.4 Å². The van der Waals surface area contributed by atoms with Crippen molar-refractivity contribution in [1.29, 1.82) is 0 Å². The van der Waals surface area contributed by atoms with Crippen molar-refractivity contribution in [1.82, 2.24) is 5.32 Å². The number of likely N-dealkylation sites (N-methyl/N-ethyl adjacent to an activating group) is 1. The van der Waals surface area contributed by atoms with Gasteiger partial charge >= 0.3 is 0 Å². The first-order valence-corrected chi connectivity index (χ1v) is 7.69. The molecule has 0 saturated heterocycles. The van der Waals surface area contributed by atoms with Crippen LogP contribution in [0.25, 0.3) is 0 Å². The summed E-state index contributed by atoms with van der Waals surface area (Å²) in [5.74, 6) is 0. The molecule has 0 amide bonds. The highest BCUT2D eigenvalue weighted by Crippen LogP contribution is 2.27. The maximum atomic E-state index is 3.52. The predicted octanol–water partition coefficient (Wildman–Crippen LogP) is 4.63. The van der Waals surface area contributed by atoms with Crippen LogP contribution in [0, 0.1) is 13.8 Å². The van der Waals surface area contributed by atoms with Gasteiger partial charge in [-0.2, -0.15) is 0 Å². The van der Waals surface area contributed by atoms with Crippen LogP contribution in [0.4, 0.5) is 0 Å². The van der Waals surface area contributed by atoms with Crippen LogP contribution in [0.1, 0.15) is 27.6 Å². The Morgan fingerprint density at radius 3 is 2.50 bits per heavy atom. The minimum Gasteiger partial charge on any atom is -0.313 e. The van der Waals surface area contributed by atoms with Crippen LogP contribution in [0.2, 0.25) is 0 Å². The van der Waals surface area contributed by atoms with E-state index in [4.69, 9.17) is 0 Å². The molecule has 18 heavy (non-hydrogen) atoms. The van der Waals surface area contributed by atoms with E-state index >= 15 is 0 Å². The van der Waals surface area contributed by atoms with Gasteiger partial charge in [-0.3, -0.25) is 0 Å². The van der Waals surface area contributed by atoms with Gasteiger partial charge in [0.2, 0.25) is 0 Å². The predicted molar refractivity (Wildman–Crippen MR) is 83.4 cm³/mol. The Hall–Kier alpha value is -0.640. The van der Waals surface area contributed by atoms with Gasteiger partial charge in [0.1, 0.15) is 0 Å². The van der Waals surface area contributed by atoms with E-state index in [0.29, 0.717) is 6.04 Å². The Morgan fingerprint density at radius 1 is 1.17 bits per heavy atom. The monoisotopic (exact) mass is 323 g/mol. The molecular formula is C15H18BrNS. The average Bonchev–Trinajstić information content (AvgIpc) is 2.75. The summed E-state index contributed by atoms with van der Waals surface area (Å²) >= 11 is 5.33. The van der Waals surface area contributed by atoms with Gasteiger partial charge in [-0.05, 0) is 65.6 Å². The van der Waals surface area contributed by atoms with Gasteiger partial charge in [0.15, 0.2) is 0 Å². The fraction of sp³-hybridized carbons (Fsp3) is 0.333. The third kappa shape index (κ3) is 3.22. The molecule has 0 saturated carbocycles. The van der Waals surface area contributed by atoms with Crippen molar-refractivity contribution in [2.75, 3.05) is 7.05 Å². The van der Waals surface area contributed by atoms with Crippen molar-refractivity contribution in [3.05, 3.63) is 55.7 Å². The number of hydrogen-bond acceptors (Lipinski definition) is 2. The van der Waals surface area contributed by atoms with Crippen molar-refractivity contribution in [3.8, 4) is 0 Å². The molecule has 96 valence electrons. The summed E-state index contributed by atoms with van der Waals surface area (Å²) < 4.78 is 1.20. The molecule has 0 fully saturated rings. The lowest BCUT2D eigenvalue weighted by atomic mass is 9.98. The van der Waals surface area contributed by atoms with Gasteiger partial charge in [0.05, 0.1) is 3.79 Å². The summed E-state index contributed by atoms with van der Waals surface area (Å²) in [5, 5.41) is 3.41. The zero-order chi connectivity index (χ0) is 13.1. The zero-order valence-electron chi connectivity index (χ0n) is 11.0. The Bertz CT molecular complexity index is 533. The second-order valence-electron chi connectivity index (χ2n) is 4.59. The lowest BCUT2D eigenvalue weighted by Crippen LogP contribution is -2.18. The molecule has 0 radical (unpaired) electrons. The second-order valence-corrected chi connectivity index (χ2v) is 7.14. The smallest absolute Gasteiger partial charge is 0.0701 e. The molecule has 0 spiro atoms. The molecule has 0 bridgehead atoms. The van der Waals surface area contributed by atoms with Crippen molar-refractivity contribution in [2.24, 2.45) is 0 Å². The normalized spacial score (nSPS) is 12.7. The van der Waals surface area contributed by atoms with Crippen molar-refractivity contribution < 1.29 is 0 Å². The van der Waals surface area contributed by atoms with Crippen LogP contribution in [-0.4, -0.2) is 7.05 Å². The van der Waals surface area contributed by atoms with Crippen LogP contribution in [-0.2, 0) is 6.42 Å². The highest BCUT2D eigenvalue weighted by atomic mass is 79.9. The van der Waals surface area contributed by atoms with Crippen LogP contribution < -0.4 is 5.32 Å². The number of thiophene rings is 1. The van der Waals surface area contributed by atoms with Gasteiger partial charge in [-0.1, -0.05) is 18.2 Å². The first-order valence-electron chi connectivity index (χ1n) is 6.09. The summed E-state index contributed by atoms with van der Waals surface area (Å²) in [6, 6.07) is 11.4. The van der Waals surface area contributed by atoms with Gasteiger partial charge in [0.25, 0.3) is 0 Å². The number of aryl methyl sites for hydroxylation is 2. The van der Waals surface area contributed by atoms with E-state index in [0.717, 1.165) is 6.42 Å². The summed E-state index contributed by atoms with van der Waals surface area (Å²) in [5.41, 5.74) is 4.08. The first kappa shape index (κ1) is 13.8. The van der Waals surface area contributed by atoms with Crippen LogP contribution in [0.5, 0.6) is 0 Å². The highest BCUT2D eigenvalue weighted by Gasteiger charge is 2.12. The Labute approximate surface area is 121 Å². The minimum atomic E-state index is 0.384. The first-order chi connectivity index (χ1) is 8.60. The van der Waals surface area contributed by atoms with Crippen LogP contribution in [0.15, 0.2) is 34.1 Å². The Morgan fingerprint density at radius 2 is 1.94 bits per heavy atom. The molecular weight excluding hydrogens is 306 g/mol. The van der Waals surface area contributed by atoms with Crippen molar-refractivity contribution in [3.63, 3.8) is 0 Å². The third-order valence-electron chi connectivity index (χ3n) is 3.32. The molecule has 0 aliphatic heterocycles. The van der Waals surface area contributed by atoms with E-state index < -0.39 is 0 Å². The van der Waals surface area contributed by atoms with Crippen LogP contribution in [0.3, 0.4) is 0 Å². The standard InChI is InChI=1S/C15H18BrNS/c1-10-4-5-12(8-11(10)2)14(17-3)9-13-6-7-15(16)18-13/h4-8,14,17H,9H2,1-3H3. The van der Waals surface area contributed by atoms with Gasteiger partial charge in [0, 0.05) is 17.3 Å². The van der Waals surface area contributed by atoms with Crippen molar-refractivity contribution in [2.45, 2.75) is 26.3 Å². The fourth-order valence-corrected chi connectivity index (χ4v) is 3.56. The van der Waals surface area contributed by atoms with Gasteiger partial charge in [-0.25, -0.2) is 0 Å². The number of rotatable bonds is 4. The van der Waals surface area contributed by atoms with Gasteiger partial charge < -0.3 is 5.32 Å². The molecule has 1 nitrogen and oxygen atoms in total. The van der Waals surface area contributed by atoms with Gasteiger partial charge in [-0.15, -0.1) is 11.3 Å². The second kappa shape index (κ2) is 6.00. The lowest BCUT2D eigenvalue weighted by molar-refractivity contribution is 0.596. The SMILES string of the molecule is CNC(Cc1ccc(Br)s1)c1ccc(C)c(C)c1. The maximum absolute atomic E-state index is 3.52. The number of halogens is 1. The zero-order valence-corrected chi connectivity index (χ0v) is 13.4. The largest absolute Gasteiger partial charge is 0.313 e. The summed E-state index contributed by atoms with van der Waals surface area (Å²) in [7, 11) is 2.03. The lowest BCUT2D eigenvalue weighted by Gasteiger charge is -2.17. The van der Waals surface area contributed by atoms with Crippen molar-refractivity contribution >= 4 is 27.3 Å². The van der Waals surface area contributed by atoms with E-state index in [1.54, 1.807) is 0 Å². The molecule has 1 aromatic carbocycles. The highest BCUT2D eigenvalue weighted by molar-refractivity contribution is 9.11. The van der Waals surface area contributed by atoms with E-state index in [9.17, 15) is 0 Å². The Balaban J connectivity index is 2.19. The number of benzene rings is 1. The topological polar surface area (TPSA) is 12.0 Å². The molecule has 2 aromatic rings. The molecule has 1 atom stereocenters. The third-order valence-corrected chi connectivity index (χ3v) is 4.96. The fourth-order valence-electron chi connectivity index (χ4n) is 2.03. The molecule has 1 N–H and O–H groups in total. The van der Waals surface area contributed by atoms with E-state index in [1.807, 2.05) is 18.4 Å². The number of nitrogens with one attached hydrogen (secondary N) is 1. The molecule has 3 heteroatoms.